The first-order valence-electron chi connectivity index (χ1n) is 5.75. The third kappa shape index (κ3) is 5.76. The van der Waals surface area contributed by atoms with Crippen molar-refractivity contribution in [3.63, 3.8) is 0 Å². The van der Waals surface area contributed by atoms with Crippen molar-refractivity contribution in [2.75, 3.05) is 12.4 Å². The highest BCUT2D eigenvalue weighted by Gasteiger charge is 2.07. The maximum Gasteiger partial charge on any atom is 0.328 e. The summed E-state index contributed by atoms with van der Waals surface area (Å²) in [4.78, 5) is 36.6. The number of carbonyl (C=O) groups excluding carboxylic acids is 2. The van der Waals surface area contributed by atoms with Crippen LogP contribution in [0.5, 0.6) is 0 Å². The normalized spacial score (nSPS) is 10.2. The Morgan fingerprint density at radius 3 is 2.65 bits per heavy atom. The van der Waals surface area contributed by atoms with E-state index in [1.165, 1.54) is 25.4 Å². The van der Waals surface area contributed by atoms with Gasteiger partial charge in [0.2, 0.25) is 5.91 Å². The molecule has 0 fully saturated rings. The lowest BCUT2D eigenvalue weighted by Crippen LogP contribution is -2.14. The van der Waals surface area contributed by atoms with Crippen LogP contribution in [-0.4, -0.2) is 35.0 Å². The molecule has 0 saturated carbocycles. The summed E-state index contributed by atoms with van der Waals surface area (Å²) in [5.74, 6) is -1.53. The van der Waals surface area contributed by atoms with Crippen LogP contribution < -0.4 is 5.32 Å². The highest BCUT2D eigenvalue weighted by Crippen LogP contribution is 2.07. The first-order valence-corrected chi connectivity index (χ1v) is 5.75. The van der Waals surface area contributed by atoms with Crippen LogP contribution in [0.25, 0.3) is 6.08 Å². The molecular formula is C13H14N2O5. The number of carboxylic acid groups (broad SMARTS) is 1. The molecule has 20 heavy (non-hydrogen) atoms. The van der Waals surface area contributed by atoms with Crippen LogP contribution in [0.2, 0.25) is 0 Å². The molecule has 0 atom stereocenters. The lowest BCUT2D eigenvalue weighted by Gasteiger charge is -2.04. The summed E-state index contributed by atoms with van der Waals surface area (Å²) in [7, 11) is 1.26. The summed E-state index contributed by atoms with van der Waals surface area (Å²) in [5, 5.41) is 11.0. The van der Waals surface area contributed by atoms with E-state index in [1.54, 1.807) is 6.07 Å². The number of aliphatic carboxylic acids is 1. The van der Waals surface area contributed by atoms with Crippen molar-refractivity contribution in [1.82, 2.24) is 4.98 Å². The number of carboxylic acids is 1. The predicted molar refractivity (Wildman–Crippen MR) is 70.8 cm³/mol. The number of ether oxygens (including phenoxy) is 1. The second kappa shape index (κ2) is 7.67. The minimum Gasteiger partial charge on any atom is -0.478 e. The van der Waals surface area contributed by atoms with Crippen molar-refractivity contribution < 1.29 is 24.2 Å². The lowest BCUT2D eigenvalue weighted by atomic mass is 10.2. The van der Waals surface area contributed by atoms with Gasteiger partial charge in [-0.1, -0.05) is 0 Å². The highest BCUT2D eigenvalue weighted by atomic mass is 16.5. The van der Waals surface area contributed by atoms with Gasteiger partial charge in [0.15, 0.2) is 0 Å². The number of nitrogens with zero attached hydrogens (tertiary/aromatic N) is 1. The Hall–Kier alpha value is -2.70. The molecule has 1 aromatic heterocycles. The molecule has 0 aliphatic rings. The topological polar surface area (TPSA) is 106 Å². The summed E-state index contributed by atoms with van der Waals surface area (Å²) < 4.78 is 4.42. The van der Waals surface area contributed by atoms with Crippen LogP contribution in [0.1, 0.15) is 18.4 Å². The molecule has 106 valence electrons. The van der Waals surface area contributed by atoms with Crippen molar-refractivity contribution in [2.45, 2.75) is 12.8 Å². The fourth-order valence-electron chi connectivity index (χ4n) is 1.27. The SMILES string of the molecule is COC(=O)CCC(=O)Nc1ccc(C=CC(=O)O)cn1. The van der Waals surface area contributed by atoms with Crippen LogP contribution >= 0.6 is 0 Å². The number of aromatic nitrogens is 1. The van der Waals surface area contributed by atoms with Gasteiger partial charge in [-0.3, -0.25) is 9.59 Å². The van der Waals surface area contributed by atoms with E-state index in [2.05, 4.69) is 15.0 Å². The van der Waals surface area contributed by atoms with Gasteiger partial charge in [-0.25, -0.2) is 9.78 Å². The van der Waals surface area contributed by atoms with E-state index in [1.807, 2.05) is 0 Å². The first-order chi connectivity index (χ1) is 9.51. The summed E-state index contributed by atoms with van der Waals surface area (Å²) in [6.45, 7) is 0. The molecule has 1 heterocycles. The maximum atomic E-state index is 11.5. The van der Waals surface area contributed by atoms with Crippen molar-refractivity contribution in [1.29, 1.82) is 0 Å². The second-order valence-corrected chi connectivity index (χ2v) is 3.77. The van der Waals surface area contributed by atoms with Crippen molar-refractivity contribution in [2.24, 2.45) is 0 Å². The molecule has 0 aliphatic heterocycles. The summed E-state index contributed by atoms with van der Waals surface area (Å²) in [5.41, 5.74) is 0.597. The smallest absolute Gasteiger partial charge is 0.328 e. The van der Waals surface area contributed by atoms with Crippen LogP contribution in [0.3, 0.4) is 0 Å². The van der Waals surface area contributed by atoms with Crippen LogP contribution in [-0.2, 0) is 19.1 Å². The van der Waals surface area contributed by atoms with E-state index in [9.17, 15) is 14.4 Å². The highest BCUT2D eigenvalue weighted by molar-refractivity contribution is 5.91. The zero-order valence-electron chi connectivity index (χ0n) is 10.8. The first kappa shape index (κ1) is 15.4. The predicted octanol–water partition coefficient (Wildman–Crippen LogP) is 1.07. The molecule has 0 aliphatic carbocycles. The second-order valence-electron chi connectivity index (χ2n) is 3.77. The van der Waals surface area contributed by atoms with Crippen LogP contribution in [0.15, 0.2) is 24.4 Å². The Kier molecular flexibility index (Phi) is 5.89. The third-order valence-electron chi connectivity index (χ3n) is 2.26. The van der Waals surface area contributed by atoms with E-state index in [0.717, 1.165) is 6.08 Å². The van der Waals surface area contributed by atoms with Crippen LogP contribution in [0, 0.1) is 0 Å². The molecular weight excluding hydrogens is 264 g/mol. The fraction of sp³-hybridized carbons (Fsp3) is 0.231. The quantitative estimate of drug-likeness (QED) is 0.595. The maximum absolute atomic E-state index is 11.5. The van der Waals surface area contributed by atoms with Gasteiger partial charge in [-0.05, 0) is 23.8 Å². The number of carbonyl (C=O) groups is 3. The molecule has 2 N–H and O–H groups in total. The molecule has 1 amide bonds. The van der Waals surface area contributed by atoms with Crippen molar-refractivity contribution in [3.05, 3.63) is 30.0 Å². The molecule has 0 spiro atoms. The van der Waals surface area contributed by atoms with Gasteiger partial charge < -0.3 is 15.2 Å². The number of pyridine rings is 1. The number of anilines is 1. The molecule has 0 bridgehead atoms. The molecule has 0 radical (unpaired) electrons. The molecule has 0 aromatic carbocycles. The number of methoxy groups -OCH3 is 1. The Bertz CT molecular complexity index is 522. The summed E-state index contributed by atoms with van der Waals surface area (Å²) in [6.07, 6.45) is 3.82. The molecule has 1 rings (SSSR count). The Labute approximate surface area is 115 Å². The van der Waals surface area contributed by atoms with Gasteiger partial charge in [0, 0.05) is 18.7 Å². The number of hydrogen-bond donors (Lipinski definition) is 2. The zero-order valence-corrected chi connectivity index (χ0v) is 10.8. The average molecular weight is 278 g/mol. The summed E-state index contributed by atoms with van der Waals surface area (Å²) in [6, 6.07) is 3.15. The lowest BCUT2D eigenvalue weighted by molar-refractivity contribution is -0.141. The summed E-state index contributed by atoms with van der Waals surface area (Å²) >= 11 is 0. The van der Waals surface area contributed by atoms with Gasteiger partial charge in [0.05, 0.1) is 13.5 Å². The minimum atomic E-state index is -1.05. The Morgan fingerprint density at radius 1 is 1.35 bits per heavy atom. The molecule has 7 nitrogen and oxygen atoms in total. The minimum absolute atomic E-state index is 0.00175. The van der Waals surface area contributed by atoms with Crippen molar-refractivity contribution in [3.8, 4) is 0 Å². The number of amides is 1. The number of rotatable bonds is 6. The van der Waals surface area contributed by atoms with Gasteiger partial charge in [0.25, 0.3) is 0 Å². The van der Waals surface area contributed by atoms with Gasteiger partial charge >= 0.3 is 11.9 Å². The number of esters is 1. The largest absolute Gasteiger partial charge is 0.478 e. The van der Waals surface area contributed by atoms with Crippen LogP contribution in [0.4, 0.5) is 5.82 Å². The molecule has 1 aromatic rings. The van der Waals surface area contributed by atoms with E-state index in [-0.39, 0.29) is 18.7 Å². The van der Waals surface area contributed by atoms with Crippen molar-refractivity contribution >= 4 is 29.7 Å². The van der Waals surface area contributed by atoms with E-state index >= 15 is 0 Å². The number of hydrogen-bond acceptors (Lipinski definition) is 5. The fourth-order valence-corrected chi connectivity index (χ4v) is 1.27. The third-order valence-corrected chi connectivity index (χ3v) is 2.26. The molecule has 7 heteroatoms. The molecule has 0 saturated heterocycles. The van der Waals surface area contributed by atoms with Gasteiger partial charge in [-0.15, -0.1) is 0 Å². The standard InChI is InChI=1S/C13H14N2O5/c1-20-13(19)7-5-11(16)15-10-4-2-9(8-14-10)3-6-12(17)18/h2-4,6,8H,5,7H2,1H3,(H,17,18)(H,14,15,16). The van der Waals surface area contributed by atoms with Gasteiger partial charge in [-0.2, -0.15) is 0 Å². The van der Waals surface area contributed by atoms with E-state index in [0.29, 0.717) is 11.4 Å². The van der Waals surface area contributed by atoms with E-state index < -0.39 is 11.9 Å². The van der Waals surface area contributed by atoms with E-state index in [4.69, 9.17) is 5.11 Å². The Balaban J connectivity index is 2.50. The zero-order chi connectivity index (χ0) is 15.0. The van der Waals surface area contributed by atoms with Gasteiger partial charge in [0.1, 0.15) is 5.82 Å². The average Bonchev–Trinajstić information content (AvgIpc) is 2.44. The Morgan fingerprint density at radius 2 is 2.10 bits per heavy atom. The monoisotopic (exact) mass is 278 g/mol. The molecule has 0 unspecified atom stereocenters. The number of nitrogens with one attached hydrogen (secondary N) is 1.